The van der Waals surface area contributed by atoms with Gasteiger partial charge in [-0.1, -0.05) is 33.2 Å². The Hall–Kier alpha value is -1.17. The number of hydrogen-bond acceptors (Lipinski definition) is 4. The monoisotopic (exact) mass is 338 g/mol. The second-order valence-electron chi connectivity index (χ2n) is 4.94. The van der Waals surface area contributed by atoms with Crippen molar-refractivity contribution in [3.63, 3.8) is 0 Å². The highest BCUT2D eigenvalue weighted by molar-refractivity contribution is 9.10. The standard InChI is InChI=1S/C15H19BrN2O2/c1-9(15-10(2)18-20-11(15)3)17-8-14(19)12-5-4-6-13(16)7-12/h4-7,9,14,17,19H,8H2,1-3H3. The van der Waals surface area contributed by atoms with E-state index in [1.54, 1.807) is 0 Å². The molecule has 2 unspecified atom stereocenters. The molecule has 1 aromatic carbocycles. The molecule has 4 nitrogen and oxygen atoms in total. The van der Waals surface area contributed by atoms with E-state index in [0.717, 1.165) is 27.1 Å². The van der Waals surface area contributed by atoms with Crippen LogP contribution in [0.1, 0.15) is 41.7 Å². The largest absolute Gasteiger partial charge is 0.387 e. The molecule has 0 saturated carbocycles. The number of aryl methyl sites for hydroxylation is 2. The third-order valence-corrected chi connectivity index (χ3v) is 3.87. The molecule has 5 heteroatoms. The summed E-state index contributed by atoms with van der Waals surface area (Å²) in [7, 11) is 0. The van der Waals surface area contributed by atoms with Crippen LogP contribution in [0.2, 0.25) is 0 Å². The topological polar surface area (TPSA) is 58.3 Å². The Morgan fingerprint density at radius 1 is 1.40 bits per heavy atom. The Morgan fingerprint density at radius 2 is 2.15 bits per heavy atom. The lowest BCUT2D eigenvalue weighted by molar-refractivity contribution is 0.170. The van der Waals surface area contributed by atoms with E-state index >= 15 is 0 Å². The highest BCUT2D eigenvalue weighted by Crippen LogP contribution is 2.22. The van der Waals surface area contributed by atoms with Gasteiger partial charge in [-0.2, -0.15) is 0 Å². The maximum atomic E-state index is 10.2. The molecule has 0 spiro atoms. The van der Waals surface area contributed by atoms with Crippen LogP contribution in [0.5, 0.6) is 0 Å². The molecule has 0 aliphatic heterocycles. The zero-order valence-electron chi connectivity index (χ0n) is 11.9. The summed E-state index contributed by atoms with van der Waals surface area (Å²) >= 11 is 3.41. The van der Waals surface area contributed by atoms with Gasteiger partial charge in [-0.15, -0.1) is 0 Å². The van der Waals surface area contributed by atoms with Crippen LogP contribution in [-0.4, -0.2) is 16.8 Å². The van der Waals surface area contributed by atoms with Gasteiger partial charge in [-0.05, 0) is 38.5 Å². The van der Waals surface area contributed by atoms with Crippen LogP contribution in [0.3, 0.4) is 0 Å². The summed E-state index contributed by atoms with van der Waals surface area (Å²) in [6.45, 7) is 6.34. The van der Waals surface area contributed by atoms with Crippen LogP contribution >= 0.6 is 15.9 Å². The van der Waals surface area contributed by atoms with Crippen molar-refractivity contribution in [3.05, 3.63) is 51.3 Å². The molecule has 2 N–H and O–H groups in total. The van der Waals surface area contributed by atoms with Gasteiger partial charge in [-0.3, -0.25) is 0 Å². The first-order valence-electron chi connectivity index (χ1n) is 6.58. The molecule has 0 fully saturated rings. The number of hydrogen-bond donors (Lipinski definition) is 2. The van der Waals surface area contributed by atoms with Gasteiger partial charge in [-0.25, -0.2) is 0 Å². The highest BCUT2D eigenvalue weighted by atomic mass is 79.9. The summed E-state index contributed by atoms with van der Waals surface area (Å²) in [6.07, 6.45) is -0.546. The van der Waals surface area contributed by atoms with Crippen LogP contribution in [0.15, 0.2) is 33.3 Å². The summed E-state index contributed by atoms with van der Waals surface area (Å²) in [6, 6.07) is 7.78. The quantitative estimate of drug-likeness (QED) is 0.876. The van der Waals surface area contributed by atoms with Gasteiger partial charge in [0.25, 0.3) is 0 Å². The van der Waals surface area contributed by atoms with Gasteiger partial charge >= 0.3 is 0 Å². The number of rotatable bonds is 5. The first-order chi connectivity index (χ1) is 9.49. The number of nitrogens with one attached hydrogen (secondary N) is 1. The average Bonchev–Trinajstić information content (AvgIpc) is 2.75. The molecular weight excluding hydrogens is 320 g/mol. The van der Waals surface area contributed by atoms with E-state index in [1.807, 2.05) is 45.0 Å². The molecule has 0 aliphatic rings. The molecule has 2 rings (SSSR count). The van der Waals surface area contributed by atoms with Crippen molar-refractivity contribution >= 4 is 15.9 Å². The third kappa shape index (κ3) is 3.48. The molecule has 1 aromatic heterocycles. The Kier molecular flexibility index (Phi) is 4.96. The van der Waals surface area contributed by atoms with Crippen molar-refractivity contribution in [3.8, 4) is 0 Å². The van der Waals surface area contributed by atoms with Gasteiger partial charge in [0, 0.05) is 22.6 Å². The molecular formula is C15H19BrN2O2. The minimum absolute atomic E-state index is 0.0862. The second kappa shape index (κ2) is 6.52. The Bertz CT molecular complexity index is 564. The smallest absolute Gasteiger partial charge is 0.138 e. The van der Waals surface area contributed by atoms with Gasteiger partial charge in [0.2, 0.25) is 0 Å². The summed E-state index contributed by atoms with van der Waals surface area (Å²) in [5.74, 6) is 0.819. The van der Waals surface area contributed by atoms with Crippen LogP contribution in [-0.2, 0) is 0 Å². The molecule has 0 amide bonds. The minimum atomic E-state index is -0.546. The average molecular weight is 339 g/mol. The van der Waals surface area contributed by atoms with Crippen LogP contribution in [0, 0.1) is 13.8 Å². The normalized spacial score (nSPS) is 14.2. The predicted octanol–water partition coefficient (Wildman–Crippen LogP) is 3.44. The van der Waals surface area contributed by atoms with Crippen molar-refractivity contribution in [2.24, 2.45) is 0 Å². The van der Waals surface area contributed by atoms with Crippen molar-refractivity contribution in [1.82, 2.24) is 10.5 Å². The van der Waals surface area contributed by atoms with Crippen LogP contribution in [0.4, 0.5) is 0 Å². The molecule has 1 heterocycles. The fourth-order valence-corrected chi connectivity index (χ4v) is 2.75. The molecule has 0 bridgehead atoms. The SMILES string of the molecule is Cc1noc(C)c1C(C)NCC(O)c1cccc(Br)c1. The van der Waals surface area contributed by atoms with E-state index in [4.69, 9.17) is 4.52 Å². The van der Waals surface area contributed by atoms with Gasteiger partial charge in [0.15, 0.2) is 0 Å². The fraction of sp³-hybridized carbons (Fsp3) is 0.400. The molecule has 0 saturated heterocycles. The summed E-state index contributed by atoms with van der Waals surface area (Å²) < 4.78 is 6.13. The van der Waals surface area contributed by atoms with E-state index in [1.165, 1.54) is 0 Å². The summed E-state index contributed by atoms with van der Waals surface area (Å²) in [5.41, 5.74) is 2.84. The zero-order chi connectivity index (χ0) is 14.7. The molecule has 20 heavy (non-hydrogen) atoms. The first-order valence-corrected chi connectivity index (χ1v) is 7.38. The Labute approximate surface area is 127 Å². The van der Waals surface area contributed by atoms with Gasteiger partial charge in [0.05, 0.1) is 11.8 Å². The van der Waals surface area contributed by atoms with Crippen molar-refractivity contribution < 1.29 is 9.63 Å². The number of benzene rings is 1. The number of halogens is 1. The fourth-order valence-electron chi connectivity index (χ4n) is 2.33. The van der Waals surface area contributed by atoms with E-state index < -0.39 is 6.10 Å². The lowest BCUT2D eigenvalue weighted by atomic mass is 10.1. The first kappa shape index (κ1) is 15.2. The predicted molar refractivity (Wildman–Crippen MR) is 81.5 cm³/mol. The van der Waals surface area contributed by atoms with E-state index in [-0.39, 0.29) is 6.04 Å². The lowest BCUT2D eigenvalue weighted by Gasteiger charge is -2.17. The van der Waals surface area contributed by atoms with Crippen molar-refractivity contribution in [2.45, 2.75) is 32.9 Å². The third-order valence-electron chi connectivity index (χ3n) is 3.37. The molecule has 2 atom stereocenters. The van der Waals surface area contributed by atoms with Gasteiger partial charge in [0.1, 0.15) is 5.76 Å². The Morgan fingerprint density at radius 3 is 2.75 bits per heavy atom. The van der Waals surface area contributed by atoms with Crippen LogP contribution in [0.25, 0.3) is 0 Å². The molecule has 108 valence electrons. The second-order valence-corrected chi connectivity index (χ2v) is 5.85. The molecule has 2 aromatic rings. The summed E-state index contributed by atoms with van der Waals surface area (Å²) in [4.78, 5) is 0. The number of nitrogens with zero attached hydrogens (tertiary/aromatic N) is 1. The molecule has 0 radical (unpaired) electrons. The van der Waals surface area contributed by atoms with E-state index in [2.05, 4.69) is 26.4 Å². The zero-order valence-corrected chi connectivity index (χ0v) is 13.4. The highest BCUT2D eigenvalue weighted by Gasteiger charge is 2.17. The van der Waals surface area contributed by atoms with Crippen molar-refractivity contribution in [2.75, 3.05) is 6.54 Å². The van der Waals surface area contributed by atoms with E-state index in [0.29, 0.717) is 6.54 Å². The van der Waals surface area contributed by atoms with Crippen molar-refractivity contribution in [1.29, 1.82) is 0 Å². The van der Waals surface area contributed by atoms with E-state index in [9.17, 15) is 5.11 Å². The van der Waals surface area contributed by atoms with Gasteiger partial charge < -0.3 is 14.9 Å². The van der Waals surface area contributed by atoms with Crippen LogP contribution < -0.4 is 5.32 Å². The Balaban J connectivity index is 1.98. The maximum Gasteiger partial charge on any atom is 0.138 e. The lowest BCUT2D eigenvalue weighted by Crippen LogP contribution is -2.25. The minimum Gasteiger partial charge on any atom is -0.387 e. The molecule has 0 aliphatic carbocycles. The maximum absolute atomic E-state index is 10.2. The summed E-state index contributed by atoms with van der Waals surface area (Å²) in [5, 5.41) is 17.5. The number of aliphatic hydroxyl groups is 1. The number of aromatic nitrogens is 1. The number of aliphatic hydroxyl groups excluding tert-OH is 1.